The highest BCUT2D eigenvalue weighted by Crippen LogP contribution is 2.49. The maximum absolute atomic E-state index is 12.7. The predicted molar refractivity (Wildman–Crippen MR) is 100 cm³/mol. The molecular formula is C16H32ClN3O4S. The van der Waals surface area contributed by atoms with Crippen LogP contribution in [-0.2, 0) is 19.6 Å². The zero-order chi connectivity index (χ0) is 18.2. The van der Waals surface area contributed by atoms with Gasteiger partial charge in [-0.15, -0.1) is 12.4 Å². The van der Waals surface area contributed by atoms with E-state index >= 15 is 0 Å². The first-order chi connectivity index (χ1) is 11.1. The number of amides is 1. The van der Waals surface area contributed by atoms with E-state index in [1.54, 1.807) is 6.92 Å². The Hall–Kier alpha value is -0.410. The van der Waals surface area contributed by atoms with Crippen LogP contribution in [0.25, 0.3) is 0 Å². The molecule has 0 bridgehead atoms. The molecule has 0 spiro atoms. The van der Waals surface area contributed by atoms with Gasteiger partial charge in [0.05, 0.1) is 11.9 Å². The molecule has 1 saturated carbocycles. The fraction of sp³-hybridized carbons (Fsp3) is 0.938. The summed E-state index contributed by atoms with van der Waals surface area (Å²) in [5.74, 6) is -0.0385. The molecule has 2 unspecified atom stereocenters. The summed E-state index contributed by atoms with van der Waals surface area (Å²) in [6.07, 6.45) is 1.75. The van der Waals surface area contributed by atoms with Crippen molar-refractivity contribution in [3.63, 3.8) is 0 Å². The minimum atomic E-state index is -3.15. The van der Waals surface area contributed by atoms with Gasteiger partial charge < -0.3 is 15.8 Å². The fourth-order valence-electron chi connectivity index (χ4n) is 3.60. The Kier molecular flexibility index (Phi) is 7.32. The number of carbonyl (C=O) groups is 1. The second-order valence-corrected chi connectivity index (χ2v) is 9.65. The van der Waals surface area contributed by atoms with E-state index in [1.165, 1.54) is 4.31 Å². The van der Waals surface area contributed by atoms with Gasteiger partial charge in [0, 0.05) is 37.6 Å². The van der Waals surface area contributed by atoms with Crippen LogP contribution in [0, 0.1) is 5.41 Å². The number of sulfonamides is 1. The van der Waals surface area contributed by atoms with Gasteiger partial charge in [-0.1, -0.05) is 13.8 Å². The van der Waals surface area contributed by atoms with Gasteiger partial charge in [-0.05, 0) is 26.7 Å². The SMILES string of the molecule is CCOC1CC(N)(C(=O)NC2CCN(S(=O)(=O)CC)CC2)C1(C)C.Cl. The van der Waals surface area contributed by atoms with Crippen molar-refractivity contribution in [1.82, 2.24) is 9.62 Å². The standard InChI is InChI=1S/C16H31N3O4S.ClH/c1-5-23-13-11-16(17,15(13,3)4)14(20)18-12-7-9-19(10-8-12)24(21,22)6-2;/h12-13H,5-11,17H2,1-4H3,(H,18,20);1H. The van der Waals surface area contributed by atoms with Crippen LogP contribution in [0.4, 0.5) is 0 Å². The van der Waals surface area contributed by atoms with Crippen LogP contribution in [0.1, 0.15) is 47.0 Å². The average Bonchev–Trinajstić information content (AvgIpc) is 2.54. The Bertz CT molecular complexity index is 576. The number of rotatable bonds is 6. The topological polar surface area (TPSA) is 102 Å². The Labute approximate surface area is 157 Å². The number of hydrogen-bond acceptors (Lipinski definition) is 5. The van der Waals surface area contributed by atoms with E-state index in [1.807, 2.05) is 20.8 Å². The number of ether oxygens (including phenoxy) is 1. The second kappa shape index (κ2) is 8.08. The zero-order valence-electron chi connectivity index (χ0n) is 15.6. The molecule has 25 heavy (non-hydrogen) atoms. The summed E-state index contributed by atoms with van der Waals surface area (Å²) in [4.78, 5) is 12.7. The van der Waals surface area contributed by atoms with Gasteiger partial charge in [-0.25, -0.2) is 12.7 Å². The Morgan fingerprint density at radius 1 is 1.28 bits per heavy atom. The Morgan fingerprint density at radius 2 is 1.84 bits per heavy atom. The third-order valence-electron chi connectivity index (χ3n) is 5.78. The van der Waals surface area contributed by atoms with Gasteiger partial charge in [-0.3, -0.25) is 4.79 Å². The lowest BCUT2D eigenvalue weighted by atomic mass is 9.54. The van der Waals surface area contributed by atoms with E-state index in [2.05, 4.69) is 5.32 Å². The normalized spacial score (nSPS) is 30.2. The highest BCUT2D eigenvalue weighted by Gasteiger charge is 2.63. The largest absolute Gasteiger partial charge is 0.378 e. The maximum atomic E-state index is 12.7. The van der Waals surface area contributed by atoms with Crippen LogP contribution in [0.15, 0.2) is 0 Å². The van der Waals surface area contributed by atoms with Crippen molar-refractivity contribution < 1.29 is 17.9 Å². The van der Waals surface area contributed by atoms with Crippen molar-refractivity contribution in [3.05, 3.63) is 0 Å². The van der Waals surface area contributed by atoms with Crippen LogP contribution in [0.5, 0.6) is 0 Å². The number of carbonyl (C=O) groups excluding carboxylic acids is 1. The minimum Gasteiger partial charge on any atom is -0.378 e. The van der Waals surface area contributed by atoms with Crippen LogP contribution in [0.3, 0.4) is 0 Å². The first kappa shape index (κ1) is 22.6. The fourth-order valence-corrected chi connectivity index (χ4v) is 4.73. The summed E-state index contributed by atoms with van der Waals surface area (Å²) in [6, 6.07) is -0.0248. The monoisotopic (exact) mass is 397 g/mol. The Morgan fingerprint density at radius 3 is 2.28 bits per heavy atom. The first-order valence-corrected chi connectivity index (χ1v) is 10.4. The Balaban J connectivity index is 0.00000312. The van der Waals surface area contributed by atoms with Crippen molar-refractivity contribution >= 4 is 28.3 Å². The summed E-state index contributed by atoms with van der Waals surface area (Å²) in [5.41, 5.74) is 5.03. The molecule has 2 atom stereocenters. The molecule has 2 rings (SSSR count). The smallest absolute Gasteiger partial charge is 0.241 e. The number of hydrogen-bond donors (Lipinski definition) is 2. The second-order valence-electron chi connectivity index (χ2n) is 7.39. The quantitative estimate of drug-likeness (QED) is 0.692. The third kappa shape index (κ3) is 4.13. The van der Waals surface area contributed by atoms with E-state index < -0.39 is 21.0 Å². The molecule has 2 fully saturated rings. The van der Waals surface area contributed by atoms with Gasteiger partial charge >= 0.3 is 0 Å². The lowest BCUT2D eigenvalue weighted by Gasteiger charge is -2.57. The number of nitrogens with two attached hydrogens (primary N) is 1. The molecule has 1 aliphatic heterocycles. The first-order valence-electron chi connectivity index (χ1n) is 8.77. The van der Waals surface area contributed by atoms with E-state index in [0.29, 0.717) is 39.0 Å². The number of nitrogens with one attached hydrogen (secondary N) is 1. The van der Waals surface area contributed by atoms with Crippen molar-refractivity contribution in [2.45, 2.75) is 64.6 Å². The van der Waals surface area contributed by atoms with Crippen molar-refractivity contribution in [3.8, 4) is 0 Å². The molecule has 2 aliphatic rings. The van der Waals surface area contributed by atoms with Crippen molar-refractivity contribution in [2.75, 3.05) is 25.4 Å². The molecule has 0 aromatic rings. The molecule has 3 N–H and O–H groups in total. The number of piperidine rings is 1. The highest BCUT2D eigenvalue weighted by atomic mass is 35.5. The zero-order valence-corrected chi connectivity index (χ0v) is 17.2. The molecule has 1 aliphatic carbocycles. The minimum absolute atomic E-state index is 0. The number of nitrogens with zero attached hydrogens (tertiary/aromatic N) is 1. The molecule has 7 nitrogen and oxygen atoms in total. The highest BCUT2D eigenvalue weighted by molar-refractivity contribution is 7.89. The van der Waals surface area contributed by atoms with Gasteiger partial charge in [0.25, 0.3) is 0 Å². The van der Waals surface area contributed by atoms with Crippen LogP contribution >= 0.6 is 12.4 Å². The maximum Gasteiger partial charge on any atom is 0.241 e. The lowest BCUT2D eigenvalue weighted by molar-refractivity contribution is -0.171. The van der Waals surface area contributed by atoms with Crippen LogP contribution in [-0.4, -0.2) is 61.8 Å². The van der Waals surface area contributed by atoms with Gasteiger partial charge in [0.15, 0.2) is 0 Å². The van der Waals surface area contributed by atoms with Gasteiger partial charge in [-0.2, -0.15) is 0 Å². The number of halogens is 1. The predicted octanol–water partition coefficient (Wildman–Crippen LogP) is 0.871. The summed E-state index contributed by atoms with van der Waals surface area (Å²) in [7, 11) is -3.15. The molecule has 1 amide bonds. The summed E-state index contributed by atoms with van der Waals surface area (Å²) >= 11 is 0. The van der Waals surface area contributed by atoms with E-state index in [-0.39, 0.29) is 36.2 Å². The molecule has 1 heterocycles. The third-order valence-corrected chi connectivity index (χ3v) is 7.66. The van der Waals surface area contributed by atoms with E-state index in [4.69, 9.17) is 10.5 Å². The van der Waals surface area contributed by atoms with Gasteiger partial charge in [0.1, 0.15) is 5.54 Å². The lowest BCUT2D eigenvalue weighted by Crippen LogP contribution is -2.76. The summed E-state index contributed by atoms with van der Waals surface area (Å²) < 4.78 is 30.9. The average molecular weight is 398 g/mol. The van der Waals surface area contributed by atoms with Gasteiger partial charge in [0.2, 0.25) is 15.9 Å². The molecular weight excluding hydrogens is 366 g/mol. The summed E-state index contributed by atoms with van der Waals surface area (Å²) in [6.45, 7) is 9.02. The molecule has 0 aromatic carbocycles. The van der Waals surface area contributed by atoms with E-state index in [0.717, 1.165) is 0 Å². The molecule has 9 heteroatoms. The van der Waals surface area contributed by atoms with Crippen LogP contribution in [0.2, 0.25) is 0 Å². The van der Waals surface area contributed by atoms with Crippen molar-refractivity contribution in [2.24, 2.45) is 11.1 Å². The molecule has 148 valence electrons. The summed E-state index contributed by atoms with van der Waals surface area (Å²) in [5, 5.41) is 3.03. The molecule has 0 aromatic heterocycles. The molecule has 1 saturated heterocycles. The molecule has 0 radical (unpaired) electrons. The van der Waals surface area contributed by atoms with E-state index in [9.17, 15) is 13.2 Å². The van der Waals surface area contributed by atoms with Crippen LogP contribution < -0.4 is 11.1 Å². The van der Waals surface area contributed by atoms with Crippen molar-refractivity contribution in [1.29, 1.82) is 0 Å².